The molecule has 0 fully saturated rings. The molecule has 0 spiro atoms. The van der Waals surface area contributed by atoms with E-state index in [0.29, 0.717) is 20.5 Å². The molecule has 0 aliphatic carbocycles. The van der Waals surface area contributed by atoms with Crippen molar-refractivity contribution in [2.75, 3.05) is 5.75 Å². The van der Waals surface area contributed by atoms with Crippen LogP contribution >= 0.6 is 23.2 Å². The Morgan fingerprint density at radius 1 is 1.05 bits per heavy atom. The van der Waals surface area contributed by atoms with Crippen molar-refractivity contribution in [1.29, 1.82) is 0 Å². The average Bonchev–Trinajstić information content (AvgIpc) is 2.44. The minimum absolute atomic E-state index is 0.109. The predicted molar refractivity (Wildman–Crippen MR) is 88.0 cm³/mol. The second-order valence-electron chi connectivity index (χ2n) is 4.78. The number of rotatable bonds is 4. The van der Waals surface area contributed by atoms with Crippen molar-refractivity contribution in [2.45, 2.75) is 18.7 Å². The Bertz CT molecular complexity index is 726. The molecule has 0 radical (unpaired) electrons. The molecule has 0 aliphatic heterocycles. The zero-order valence-electron chi connectivity index (χ0n) is 11.7. The van der Waals surface area contributed by atoms with Crippen LogP contribution in [0.2, 0.25) is 10.0 Å². The molecule has 0 bridgehead atoms. The molecule has 0 aliphatic rings. The Balaban J connectivity index is 2.20. The van der Waals surface area contributed by atoms with Crippen LogP contribution in [-0.4, -0.2) is 15.7 Å². The normalized spacial score (nSPS) is 12.2. The molecular weight excluding hydrogens is 327 g/mol. The Morgan fingerprint density at radius 3 is 2.43 bits per heavy atom. The van der Waals surface area contributed by atoms with E-state index in [2.05, 4.69) is 0 Å². The third-order valence-corrected chi connectivity index (χ3v) is 5.10. The minimum Gasteiger partial charge on any atom is -0.293 e. The fourth-order valence-corrected chi connectivity index (χ4v) is 3.33. The van der Waals surface area contributed by atoms with Gasteiger partial charge in [0.25, 0.3) is 0 Å². The van der Waals surface area contributed by atoms with E-state index in [1.807, 2.05) is 26.0 Å². The lowest BCUT2D eigenvalue weighted by molar-refractivity contribution is 0.102. The molecule has 2 aromatic carbocycles. The smallest absolute Gasteiger partial charge is 0.177 e. The number of aryl methyl sites for hydroxylation is 2. The van der Waals surface area contributed by atoms with E-state index in [-0.39, 0.29) is 11.5 Å². The van der Waals surface area contributed by atoms with Crippen LogP contribution in [0.1, 0.15) is 21.5 Å². The van der Waals surface area contributed by atoms with Gasteiger partial charge in [-0.05, 0) is 55.3 Å². The van der Waals surface area contributed by atoms with Crippen LogP contribution in [0.4, 0.5) is 0 Å². The van der Waals surface area contributed by atoms with Crippen molar-refractivity contribution in [3.63, 3.8) is 0 Å². The van der Waals surface area contributed by atoms with Crippen molar-refractivity contribution in [1.82, 2.24) is 0 Å². The van der Waals surface area contributed by atoms with E-state index in [9.17, 15) is 9.00 Å². The van der Waals surface area contributed by atoms with E-state index in [1.165, 1.54) is 6.07 Å². The molecule has 2 nitrogen and oxygen atoms in total. The molecule has 5 heteroatoms. The summed E-state index contributed by atoms with van der Waals surface area (Å²) in [5.74, 6) is -0.387. The lowest BCUT2D eigenvalue weighted by Crippen LogP contribution is -2.12. The van der Waals surface area contributed by atoms with Gasteiger partial charge in [0.1, 0.15) is 0 Å². The SMILES string of the molecule is Cc1ccc(S(=O)CC(=O)c2cc(Cl)ccc2Cl)cc1C. The van der Waals surface area contributed by atoms with E-state index in [0.717, 1.165) is 11.1 Å². The molecule has 110 valence electrons. The van der Waals surface area contributed by atoms with E-state index in [4.69, 9.17) is 23.2 Å². The zero-order valence-corrected chi connectivity index (χ0v) is 14.0. The maximum absolute atomic E-state index is 12.3. The summed E-state index contributed by atoms with van der Waals surface area (Å²) < 4.78 is 12.3. The first-order valence-corrected chi connectivity index (χ1v) is 8.40. The number of Topliss-reactive ketones (excluding diaryl/α,β-unsaturated/α-hetero) is 1. The van der Waals surface area contributed by atoms with Crippen LogP contribution in [-0.2, 0) is 10.8 Å². The van der Waals surface area contributed by atoms with Gasteiger partial charge in [-0.25, -0.2) is 0 Å². The number of hydrogen-bond donors (Lipinski definition) is 0. The zero-order chi connectivity index (χ0) is 15.6. The van der Waals surface area contributed by atoms with Gasteiger partial charge >= 0.3 is 0 Å². The van der Waals surface area contributed by atoms with Gasteiger partial charge in [0.15, 0.2) is 5.78 Å². The maximum atomic E-state index is 12.3. The second-order valence-corrected chi connectivity index (χ2v) is 7.08. The molecule has 0 aromatic heterocycles. The number of ketones is 1. The van der Waals surface area contributed by atoms with Gasteiger partial charge in [0, 0.05) is 15.5 Å². The molecule has 1 unspecified atom stereocenters. The Morgan fingerprint density at radius 2 is 1.76 bits per heavy atom. The average molecular weight is 341 g/mol. The molecule has 0 heterocycles. The van der Waals surface area contributed by atoms with Gasteiger partial charge in [0.05, 0.1) is 21.6 Å². The molecular formula is C16H14Cl2O2S. The van der Waals surface area contributed by atoms with Gasteiger partial charge in [-0.1, -0.05) is 29.3 Å². The van der Waals surface area contributed by atoms with Gasteiger partial charge < -0.3 is 0 Å². The van der Waals surface area contributed by atoms with Crippen LogP contribution in [0, 0.1) is 13.8 Å². The van der Waals surface area contributed by atoms with Crippen LogP contribution in [0.25, 0.3) is 0 Å². The van der Waals surface area contributed by atoms with Crippen molar-refractivity contribution >= 4 is 39.8 Å². The summed E-state index contributed by atoms with van der Waals surface area (Å²) in [6, 6.07) is 10.2. The number of benzene rings is 2. The lowest BCUT2D eigenvalue weighted by Gasteiger charge is -2.07. The molecule has 0 saturated carbocycles. The molecule has 0 amide bonds. The first-order valence-electron chi connectivity index (χ1n) is 6.32. The molecule has 21 heavy (non-hydrogen) atoms. The maximum Gasteiger partial charge on any atom is 0.177 e. The molecule has 2 rings (SSSR count). The first-order chi connectivity index (χ1) is 9.88. The number of carbonyl (C=O) groups excluding carboxylic acids is 1. The highest BCUT2D eigenvalue weighted by Crippen LogP contribution is 2.22. The van der Waals surface area contributed by atoms with Gasteiger partial charge in [-0.3, -0.25) is 9.00 Å². The van der Waals surface area contributed by atoms with Crippen LogP contribution in [0.15, 0.2) is 41.3 Å². The third-order valence-electron chi connectivity index (χ3n) is 3.23. The van der Waals surface area contributed by atoms with E-state index < -0.39 is 10.8 Å². The van der Waals surface area contributed by atoms with Crippen molar-refractivity contribution in [3.05, 3.63) is 63.1 Å². The fourth-order valence-electron chi connectivity index (χ4n) is 1.85. The highest BCUT2D eigenvalue weighted by molar-refractivity contribution is 7.85. The van der Waals surface area contributed by atoms with Crippen molar-refractivity contribution in [2.24, 2.45) is 0 Å². The standard InChI is InChI=1S/C16H14Cl2O2S/c1-10-3-5-13(7-11(10)2)21(20)9-16(19)14-8-12(17)4-6-15(14)18/h3-8H,9H2,1-2H3. The molecule has 1 atom stereocenters. The van der Waals surface area contributed by atoms with E-state index >= 15 is 0 Å². The molecule has 2 aromatic rings. The number of carbonyl (C=O) groups is 1. The monoisotopic (exact) mass is 340 g/mol. The topological polar surface area (TPSA) is 34.1 Å². The Labute approximate surface area is 136 Å². The fraction of sp³-hybridized carbons (Fsp3) is 0.188. The summed E-state index contributed by atoms with van der Waals surface area (Å²) in [5, 5.41) is 0.751. The number of hydrogen-bond acceptors (Lipinski definition) is 2. The summed E-state index contributed by atoms with van der Waals surface area (Å²) in [6.07, 6.45) is 0. The summed E-state index contributed by atoms with van der Waals surface area (Å²) in [5.41, 5.74) is 2.48. The van der Waals surface area contributed by atoms with Gasteiger partial charge in [0.2, 0.25) is 0 Å². The largest absolute Gasteiger partial charge is 0.293 e. The summed E-state index contributed by atoms with van der Waals surface area (Å²) in [6.45, 7) is 3.94. The molecule has 0 N–H and O–H groups in total. The van der Waals surface area contributed by atoms with Crippen molar-refractivity contribution in [3.8, 4) is 0 Å². The van der Waals surface area contributed by atoms with Gasteiger partial charge in [-0.15, -0.1) is 0 Å². The number of halogens is 2. The van der Waals surface area contributed by atoms with Crippen molar-refractivity contribution < 1.29 is 9.00 Å². The quantitative estimate of drug-likeness (QED) is 0.762. The minimum atomic E-state index is -1.40. The summed E-state index contributed by atoms with van der Waals surface area (Å²) in [7, 11) is -1.40. The summed E-state index contributed by atoms with van der Waals surface area (Å²) in [4.78, 5) is 12.9. The highest BCUT2D eigenvalue weighted by Gasteiger charge is 2.16. The predicted octanol–water partition coefficient (Wildman–Crippen LogP) is 4.60. The molecule has 0 saturated heterocycles. The van der Waals surface area contributed by atoms with Crippen LogP contribution < -0.4 is 0 Å². The first kappa shape index (κ1) is 16.2. The Kier molecular flexibility index (Phi) is 5.20. The third kappa shape index (κ3) is 3.94. The summed E-state index contributed by atoms with van der Waals surface area (Å²) >= 11 is 11.9. The highest BCUT2D eigenvalue weighted by atomic mass is 35.5. The van der Waals surface area contributed by atoms with Crippen LogP contribution in [0.3, 0.4) is 0 Å². The Hall–Kier alpha value is -1.16. The van der Waals surface area contributed by atoms with Gasteiger partial charge in [-0.2, -0.15) is 0 Å². The lowest BCUT2D eigenvalue weighted by atomic mass is 10.1. The van der Waals surface area contributed by atoms with E-state index in [1.54, 1.807) is 18.2 Å². The second kappa shape index (κ2) is 6.73. The van der Waals surface area contributed by atoms with Crippen LogP contribution in [0.5, 0.6) is 0 Å².